The number of benzene rings is 1. The number of sulfonamides is 1. The largest absolute Gasteiger partial charge is 0.465 e. The van der Waals surface area contributed by atoms with E-state index in [-0.39, 0.29) is 21.5 Å². The molecule has 8 heteroatoms. The molecule has 0 spiro atoms. The number of methoxy groups -OCH3 is 1. The molecule has 0 bridgehead atoms. The van der Waals surface area contributed by atoms with Crippen molar-refractivity contribution in [2.45, 2.75) is 17.4 Å². The third-order valence-corrected chi connectivity index (χ3v) is 6.22. The normalized spacial score (nSPS) is 19.6. The molecular weight excluding hydrogens is 328 g/mol. The fraction of sp³-hybridized carbons (Fsp3) is 0.500. The summed E-state index contributed by atoms with van der Waals surface area (Å²) in [5.41, 5.74) is -0.0386. The highest BCUT2D eigenvalue weighted by Gasteiger charge is 2.37. The molecule has 2 rings (SSSR count). The number of rotatable bonds is 4. The summed E-state index contributed by atoms with van der Waals surface area (Å²) in [6, 6.07) is 4.55. The lowest BCUT2D eigenvalue weighted by atomic mass is 10.2. The van der Waals surface area contributed by atoms with Crippen LogP contribution in [0.25, 0.3) is 0 Å². The minimum Gasteiger partial charge on any atom is -0.465 e. The van der Waals surface area contributed by atoms with Gasteiger partial charge in [-0.3, -0.25) is 0 Å². The first kappa shape index (κ1) is 17.2. The second-order valence-corrected chi connectivity index (χ2v) is 7.66. The average Bonchev–Trinajstić information content (AvgIpc) is 2.96. The summed E-state index contributed by atoms with van der Waals surface area (Å²) in [7, 11) is 1.18. The molecule has 1 aliphatic rings. The molecular formula is C14H19ClN2O4S. The molecule has 0 amide bonds. The van der Waals surface area contributed by atoms with Crippen molar-refractivity contribution < 1.29 is 17.9 Å². The lowest BCUT2D eigenvalue weighted by Crippen LogP contribution is -2.35. The van der Waals surface area contributed by atoms with Gasteiger partial charge in [-0.05, 0) is 32.6 Å². The van der Waals surface area contributed by atoms with Crippen molar-refractivity contribution in [2.24, 2.45) is 0 Å². The Bertz CT molecular complexity index is 675. The molecule has 0 radical (unpaired) electrons. The van der Waals surface area contributed by atoms with Crippen LogP contribution in [-0.4, -0.2) is 63.9 Å². The van der Waals surface area contributed by atoms with E-state index in [4.69, 9.17) is 11.6 Å². The minimum absolute atomic E-state index is 0.0243. The molecule has 1 aliphatic heterocycles. The molecule has 0 saturated carbocycles. The topological polar surface area (TPSA) is 66.9 Å². The van der Waals surface area contributed by atoms with Gasteiger partial charge in [0.25, 0.3) is 0 Å². The summed E-state index contributed by atoms with van der Waals surface area (Å²) in [5, 5.41) is 0.0243. The Morgan fingerprint density at radius 3 is 2.64 bits per heavy atom. The van der Waals surface area contributed by atoms with Crippen LogP contribution in [0.3, 0.4) is 0 Å². The second-order valence-electron chi connectivity index (χ2n) is 5.38. The summed E-state index contributed by atoms with van der Waals surface area (Å²) in [6.45, 7) is 0.776. The predicted molar refractivity (Wildman–Crippen MR) is 83.6 cm³/mol. The van der Waals surface area contributed by atoms with Crippen molar-refractivity contribution in [1.82, 2.24) is 9.21 Å². The van der Waals surface area contributed by atoms with E-state index in [2.05, 4.69) is 4.74 Å². The second kappa shape index (κ2) is 6.54. The van der Waals surface area contributed by atoms with Gasteiger partial charge in [-0.25, -0.2) is 13.2 Å². The summed E-state index contributed by atoms with van der Waals surface area (Å²) in [5.74, 6) is -0.718. The monoisotopic (exact) mass is 346 g/mol. The van der Waals surface area contributed by atoms with Crippen LogP contribution in [0.15, 0.2) is 23.1 Å². The zero-order chi connectivity index (χ0) is 16.5. The molecule has 1 aromatic carbocycles. The summed E-state index contributed by atoms with van der Waals surface area (Å²) in [6.07, 6.45) is 0.740. The maximum Gasteiger partial charge on any atom is 0.339 e. The van der Waals surface area contributed by atoms with E-state index in [0.717, 1.165) is 6.42 Å². The first-order valence-electron chi connectivity index (χ1n) is 6.82. The highest BCUT2D eigenvalue weighted by molar-refractivity contribution is 7.89. The summed E-state index contributed by atoms with van der Waals surface area (Å²) < 4.78 is 31.8. The van der Waals surface area contributed by atoms with E-state index < -0.39 is 16.0 Å². The lowest BCUT2D eigenvalue weighted by Gasteiger charge is -2.21. The Balaban J connectivity index is 2.45. The van der Waals surface area contributed by atoms with Crippen LogP contribution in [0, 0.1) is 0 Å². The highest BCUT2D eigenvalue weighted by Crippen LogP contribution is 2.31. The van der Waals surface area contributed by atoms with Crippen LogP contribution in [0.1, 0.15) is 16.8 Å². The van der Waals surface area contributed by atoms with E-state index in [0.29, 0.717) is 13.1 Å². The molecule has 1 heterocycles. The molecule has 1 atom stereocenters. The number of ether oxygens (including phenoxy) is 1. The molecule has 122 valence electrons. The Morgan fingerprint density at radius 1 is 1.41 bits per heavy atom. The molecule has 0 aromatic heterocycles. The molecule has 0 unspecified atom stereocenters. The molecule has 0 N–H and O–H groups in total. The van der Waals surface area contributed by atoms with Gasteiger partial charge in [0.15, 0.2) is 0 Å². The fourth-order valence-electron chi connectivity index (χ4n) is 2.52. The van der Waals surface area contributed by atoms with E-state index in [1.54, 1.807) is 0 Å². The number of hydrogen-bond acceptors (Lipinski definition) is 5. The Labute approximate surface area is 135 Å². The van der Waals surface area contributed by atoms with E-state index in [9.17, 15) is 13.2 Å². The third kappa shape index (κ3) is 3.12. The van der Waals surface area contributed by atoms with Gasteiger partial charge in [0.2, 0.25) is 10.0 Å². The number of hydrogen-bond donors (Lipinski definition) is 0. The van der Waals surface area contributed by atoms with Crippen LogP contribution in [0.5, 0.6) is 0 Å². The van der Waals surface area contributed by atoms with E-state index >= 15 is 0 Å². The van der Waals surface area contributed by atoms with Gasteiger partial charge in [-0.2, -0.15) is 4.31 Å². The number of likely N-dealkylation sites (N-methyl/N-ethyl adjacent to an activating group) is 1. The predicted octanol–water partition coefficient (Wildman–Crippen LogP) is 1.45. The van der Waals surface area contributed by atoms with Gasteiger partial charge in [-0.15, -0.1) is 0 Å². The SMILES string of the molecule is COC(=O)c1cccc(Cl)c1S(=O)(=O)N1CC[C@H](N(C)C)C1. The van der Waals surface area contributed by atoms with Crippen LogP contribution >= 0.6 is 11.6 Å². The van der Waals surface area contributed by atoms with Crippen molar-refractivity contribution in [3.8, 4) is 0 Å². The number of esters is 1. The summed E-state index contributed by atoms with van der Waals surface area (Å²) in [4.78, 5) is 13.7. The van der Waals surface area contributed by atoms with Crippen molar-refractivity contribution in [3.05, 3.63) is 28.8 Å². The van der Waals surface area contributed by atoms with Crippen LogP contribution in [0.4, 0.5) is 0 Å². The number of halogens is 1. The van der Waals surface area contributed by atoms with Gasteiger partial charge in [0.1, 0.15) is 4.90 Å². The van der Waals surface area contributed by atoms with Crippen LogP contribution < -0.4 is 0 Å². The lowest BCUT2D eigenvalue weighted by molar-refractivity contribution is 0.0596. The quantitative estimate of drug-likeness (QED) is 0.772. The Kier molecular flexibility index (Phi) is 5.11. The van der Waals surface area contributed by atoms with Gasteiger partial charge >= 0.3 is 5.97 Å². The highest BCUT2D eigenvalue weighted by atomic mass is 35.5. The standard InChI is InChI=1S/C14H19ClN2O4S/c1-16(2)10-7-8-17(9-10)22(19,20)13-11(14(18)21-3)5-4-6-12(13)15/h4-6,10H,7-9H2,1-3H3/t10-/m0/s1. The van der Waals surface area contributed by atoms with E-state index in [1.165, 1.54) is 29.6 Å². The van der Waals surface area contributed by atoms with Crippen LogP contribution in [0.2, 0.25) is 5.02 Å². The number of carbonyl (C=O) groups excluding carboxylic acids is 1. The van der Waals surface area contributed by atoms with Gasteiger partial charge in [0.05, 0.1) is 17.7 Å². The molecule has 1 saturated heterocycles. The number of nitrogens with zero attached hydrogens (tertiary/aromatic N) is 2. The first-order chi connectivity index (χ1) is 10.3. The van der Waals surface area contributed by atoms with Crippen LogP contribution in [-0.2, 0) is 14.8 Å². The smallest absolute Gasteiger partial charge is 0.339 e. The van der Waals surface area contributed by atoms with Gasteiger partial charge < -0.3 is 9.64 Å². The molecule has 0 aliphatic carbocycles. The third-order valence-electron chi connectivity index (χ3n) is 3.83. The zero-order valence-corrected chi connectivity index (χ0v) is 14.3. The fourth-order valence-corrected chi connectivity index (χ4v) is 4.70. The Morgan fingerprint density at radius 2 is 2.09 bits per heavy atom. The van der Waals surface area contributed by atoms with E-state index in [1.807, 2.05) is 19.0 Å². The average molecular weight is 347 g/mol. The van der Waals surface area contributed by atoms with Gasteiger partial charge in [-0.1, -0.05) is 17.7 Å². The van der Waals surface area contributed by atoms with Gasteiger partial charge in [0, 0.05) is 19.1 Å². The summed E-state index contributed by atoms with van der Waals surface area (Å²) >= 11 is 6.07. The molecule has 1 fully saturated rings. The van der Waals surface area contributed by atoms with Crippen molar-refractivity contribution in [1.29, 1.82) is 0 Å². The van der Waals surface area contributed by atoms with Crippen molar-refractivity contribution in [2.75, 3.05) is 34.3 Å². The maximum atomic E-state index is 12.9. The minimum atomic E-state index is -3.85. The molecule has 6 nitrogen and oxygen atoms in total. The number of carbonyl (C=O) groups is 1. The van der Waals surface area contributed by atoms with Crippen molar-refractivity contribution >= 4 is 27.6 Å². The Hall–Kier alpha value is -1.15. The molecule has 22 heavy (non-hydrogen) atoms. The first-order valence-corrected chi connectivity index (χ1v) is 8.64. The maximum absolute atomic E-state index is 12.9. The van der Waals surface area contributed by atoms with Crippen molar-refractivity contribution in [3.63, 3.8) is 0 Å². The molecule has 1 aromatic rings. The zero-order valence-electron chi connectivity index (χ0n) is 12.7.